The summed E-state index contributed by atoms with van der Waals surface area (Å²) in [6, 6.07) is 11.7. The summed E-state index contributed by atoms with van der Waals surface area (Å²) in [5.41, 5.74) is 3.48. The van der Waals surface area contributed by atoms with Crippen molar-refractivity contribution in [2.24, 2.45) is 0 Å². The minimum atomic E-state index is -0.321. The van der Waals surface area contributed by atoms with Crippen LogP contribution in [-0.2, 0) is 6.54 Å². The molecule has 31 heavy (non-hydrogen) atoms. The minimum absolute atomic E-state index is 0.0600. The van der Waals surface area contributed by atoms with Crippen LogP contribution in [0.2, 0.25) is 0 Å². The van der Waals surface area contributed by atoms with Gasteiger partial charge in [0.1, 0.15) is 17.7 Å². The Labute approximate surface area is 182 Å². The van der Waals surface area contributed by atoms with Gasteiger partial charge in [0, 0.05) is 0 Å². The molecule has 1 fully saturated rings. The van der Waals surface area contributed by atoms with Gasteiger partial charge in [-0.1, -0.05) is 30.2 Å². The molecule has 2 N–H and O–H groups in total. The summed E-state index contributed by atoms with van der Waals surface area (Å²) in [6.07, 6.45) is 5.35. The number of imidazole rings is 1. The first-order valence-electron chi connectivity index (χ1n) is 10.1. The van der Waals surface area contributed by atoms with E-state index in [1.807, 2.05) is 28.8 Å². The predicted octanol–water partition coefficient (Wildman–Crippen LogP) is 3.55. The minimum Gasteiger partial charge on any atom is -0.391 e. The van der Waals surface area contributed by atoms with Crippen LogP contribution in [0.25, 0.3) is 21.4 Å². The van der Waals surface area contributed by atoms with Crippen molar-refractivity contribution in [3.8, 4) is 12.1 Å². The van der Waals surface area contributed by atoms with Crippen molar-refractivity contribution in [1.29, 1.82) is 10.5 Å². The highest BCUT2D eigenvalue weighted by molar-refractivity contribution is 7.22. The van der Waals surface area contributed by atoms with Crippen LogP contribution in [0.4, 0.5) is 5.13 Å². The van der Waals surface area contributed by atoms with Crippen molar-refractivity contribution in [3.05, 3.63) is 47.4 Å². The Balaban J connectivity index is 1.41. The molecule has 0 unspecified atom stereocenters. The monoisotopic (exact) mass is 429 g/mol. The molecule has 4 aromatic rings. The lowest BCUT2D eigenvalue weighted by atomic mass is 9.93. The maximum atomic E-state index is 10.2. The highest BCUT2D eigenvalue weighted by Gasteiger charge is 2.23. The summed E-state index contributed by atoms with van der Waals surface area (Å²) in [7, 11) is 0. The van der Waals surface area contributed by atoms with Gasteiger partial charge < -0.3 is 15.0 Å². The van der Waals surface area contributed by atoms with Crippen LogP contribution >= 0.6 is 11.3 Å². The van der Waals surface area contributed by atoms with Gasteiger partial charge in [0.15, 0.2) is 16.5 Å². The number of benzene rings is 1. The maximum Gasteiger partial charge on any atom is 0.184 e. The summed E-state index contributed by atoms with van der Waals surface area (Å²) >= 11 is 1.58. The Kier molecular flexibility index (Phi) is 4.99. The molecular formula is C22H19N7OS. The molecular weight excluding hydrogens is 410 g/mol. The second-order valence-corrected chi connectivity index (χ2v) is 8.78. The van der Waals surface area contributed by atoms with E-state index in [4.69, 9.17) is 0 Å². The Hall–Kier alpha value is -3.53. The van der Waals surface area contributed by atoms with Crippen molar-refractivity contribution < 1.29 is 5.11 Å². The van der Waals surface area contributed by atoms with Crippen LogP contribution < -0.4 is 5.32 Å². The average Bonchev–Trinajstić information content (AvgIpc) is 3.37. The third kappa shape index (κ3) is 3.70. The number of aromatic nitrogens is 4. The fourth-order valence-corrected chi connectivity index (χ4v) is 5.03. The van der Waals surface area contributed by atoms with E-state index in [0.717, 1.165) is 46.6 Å². The molecule has 0 aliphatic heterocycles. The number of hydrogen-bond donors (Lipinski definition) is 2. The molecule has 3 heterocycles. The van der Waals surface area contributed by atoms with Crippen LogP contribution in [0.3, 0.4) is 0 Å². The lowest BCUT2D eigenvalue weighted by Crippen LogP contribution is -2.36. The zero-order valence-corrected chi connectivity index (χ0v) is 17.4. The molecule has 1 aliphatic rings. The first-order chi connectivity index (χ1) is 15.1. The van der Waals surface area contributed by atoms with Crippen molar-refractivity contribution >= 4 is 37.8 Å². The van der Waals surface area contributed by atoms with E-state index in [9.17, 15) is 15.6 Å². The van der Waals surface area contributed by atoms with Gasteiger partial charge in [-0.05, 0) is 36.6 Å². The highest BCUT2D eigenvalue weighted by atomic mass is 32.1. The summed E-state index contributed by atoms with van der Waals surface area (Å²) in [4.78, 5) is 13.3. The van der Waals surface area contributed by atoms with Crippen LogP contribution in [0, 0.1) is 22.7 Å². The average molecular weight is 430 g/mol. The fraction of sp³-hybridized carbons (Fsp3) is 0.318. The predicted molar refractivity (Wildman–Crippen MR) is 118 cm³/mol. The zero-order chi connectivity index (χ0) is 21.4. The third-order valence-corrected chi connectivity index (χ3v) is 6.61. The molecule has 0 spiro atoms. The molecule has 1 aliphatic carbocycles. The number of nitriles is 2. The van der Waals surface area contributed by atoms with Crippen LogP contribution in [0.1, 0.15) is 42.5 Å². The fourth-order valence-electron chi connectivity index (χ4n) is 4.04. The molecule has 5 rings (SSSR count). The van der Waals surface area contributed by atoms with Crippen molar-refractivity contribution in [1.82, 2.24) is 19.5 Å². The lowest BCUT2D eigenvalue weighted by molar-refractivity contribution is 0.116. The molecule has 8 nitrogen and oxygen atoms in total. The van der Waals surface area contributed by atoms with Gasteiger partial charge in [-0.3, -0.25) is 0 Å². The van der Waals surface area contributed by atoms with Crippen LogP contribution in [0.15, 0.2) is 30.6 Å². The van der Waals surface area contributed by atoms with Gasteiger partial charge in [0.2, 0.25) is 0 Å². The van der Waals surface area contributed by atoms with Crippen molar-refractivity contribution in [2.75, 3.05) is 5.32 Å². The number of nitrogens with zero attached hydrogens (tertiary/aromatic N) is 6. The van der Waals surface area contributed by atoms with Gasteiger partial charge >= 0.3 is 0 Å². The second kappa shape index (κ2) is 7.95. The number of aliphatic hydroxyl groups is 1. The quantitative estimate of drug-likeness (QED) is 0.508. The number of thiazole rings is 1. The van der Waals surface area contributed by atoms with E-state index in [1.54, 1.807) is 23.7 Å². The second-order valence-electron chi connectivity index (χ2n) is 7.75. The van der Waals surface area contributed by atoms with Crippen molar-refractivity contribution in [2.45, 2.75) is 44.4 Å². The lowest BCUT2D eigenvalue weighted by Gasteiger charge is -2.27. The molecule has 0 radical (unpaired) electrons. The largest absolute Gasteiger partial charge is 0.391 e. The smallest absolute Gasteiger partial charge is 0.184 e. The number of nitrogens with one attached hydrogen (secondary N) is 1. The zero-order valence-electron chi connectivity index (χ0n) is 16.6. The maximum absolute atomic E-state index is 10.2. The first kappa shape index (κ1) is 19.4. The van der Waals surface area contributed by atoms with E-state index in [2.05, 4.69) is 26.3 Å². The standard InChI is InChI=1S/C22H19N7OS/c23-9-14-8-17-21(26-18(14)10-24)29(12-25-17)11-13-5-6-16-20(7-13)31-22(28-16)27-15-3-1-2-4-19(15)30/h5-8,12,15,19,30H,1-4,11H2,(H,27,28)/t15-,19-/m1/s1. The number of rotatable bonds is 4. The topological polar surface area (TPSA) is 123 Å². The molecule has 0 bridgehead atoms. The molecule has 154 valence electrons. The Bertz CT molecular complexity index is 1360. The Morgan fingerprint density at radius 1 is 1.13 bits per heavy atom. The summed E-state index contributed by atoms with van der Waals surface area (Å²) in [5, 5.41) is 32.9. The van der Waals surface area contributed by atoms with E-state index in [1.165, 1.54) is 0 Å². The Morgan fingerprint density at radius 2 is 2.00 bits per heavy atom. The van der Waals surface area contributed by atoms with Gasteiger partial charge in [0.05, 0.1) is 40.8 Å². The van der Waals surface area contributed by atoms with E-state index in [0.29, 0.717) is 17.7 Å². The molecule has 3 aromatic heterocycles. The first-order valence-corrected chi connectivity index (χ1v) is 11.0. The summed E-state index contributed by atoms with van der Waals surface area (Å²) in [6.45, 7) is 0.540. The third-order valence-electron chi connectivity index (χ3n) is 5.66. The number of anilines is 1. The van der Waals surface area contributed by atoms with E-state index >= 15 is 0 Å². The molecule has 1 saturated carbocycles. The molecule has 2 atom stereocenters. The number of hydrogen-bond acceptors (Lipinski definition) is 8. The van der Waals surface area contributed by atoms with Crippen molar-refractivity contribution in [3.63, 3.8) is 0 Å². The number of aliphatic hydroxyl groups excluding tert-OH is 1. The normalized spacial score (nSPS) is 18.7. The summed E-state index contributed by atoms with van der Waals surface area (Å²) in [5.74, 6) is 0. The van der Waals surface area contributed by atoms with Gasteiger partial charge in [-0.25, -0.2) is 15.0 Å². The van der Waals surface area contributed by atoms with E-state index < -0.39 is 0 Å². The van der Waals surface area contributed by atoms with Crippen LogP contribution in [-0.4, -0.2) is 36.8 Å². The van der Waals surface area contributed by atoms with Crippen LogP contribution in [0.5, 0.6) is 0 Å². The Morgan fingerprint density at radius 3 is 2.81 bits per heavy atom. The van der Waals surface area contributed by atoms with Gasteiger partial charge in [-0.2, -0.15) is 10.5 Å². The highest BCUT2D eigenvalue weighted by Crippen LogP contribution is 2.30. The number of pyridine rings is 1. The molecule has 0 amide bonds. The van der Waals surface area contributed by atoms with Gasteiger partial charge in [-0.15, -0.1) is 0 Å². The molecule has 0 saturated heterocycles. The summed E-state index contributed by atoms with van der Waals surface area (Å²) < 4.78 is 2.93. The SMILES string of the molecule is N#Cc1cc2ncn(Cc3ccc4nc(N[C@@H]5CCCC[C@H]5O)sc4c3)c2nc1C#N. The molecule has 9 heteroatoms. The van der Waals surface area contributed by atoms with E-state index in [-0.39, 0.29) is 23.4 Å². The van der Waals surface area contributed by atoms with Gasteiger partial charge in [0.25, 0.3) is 0 Å². The molecule has 1 aromatic carbocycles. The number of fused-ring (bicyclic) bond motifs is 2.